The molecule has 0 aromatic rings. The second-order valence-corrected chi connectivity index (χ2v) is 4.67. The van der Waals surface area contributed by atoms with E-state index in [4.69, 9.17) is 0 Å². The van der Waals surface area contributed by atoms with Gasteiger partial charge in [-0.2, -0.15) is 0 Å². The molecule has 13 heavy (non-hydrogen) atoms. The maximum absolute atomic E-state index is 2.66. The van der Waals surface area contributed by atoms with Crippen molar-refractivity contribution in [1.29, 1.82) is 0 Å². The van der Waals surface area contributed by atoms with Crippen LogP contribution in [0.25, 0.3) is 0 Å². The van der Waals surface area contributed by atoms with Gasteiger partial charge in [-0.15, -0.1) is 0 Å². The molecular weight excluding hydrogens is 158 g/mol. The Kier molecular flexibility index (Phi) is 4.79. The van der Waals surface area contributed by atoms with Crippen LogP contribution in [0, 0.1) is 11.8 Å². The molecule has 1 aliphatic heterocycles. The Balaban J connectivity index is 2.21. The van der Waals surface area contributed by atoms with Crippen molar-refractivity contribution in [1.82, 2.24) is 4.90 Å². The molecule has 0 N–H and O–H groups in total. The molecule has 0 aromatic heterocycles. The summed E-state index contributed by atoms with van der Waals surface area (Å²) in [7, 11) is 0. The van der Waals surface area contributed by atoms with E-state index in [1.54, 1.807) is 0 Å². The van der Waals surface area contributed by atoms with E-state index in [2.05, 4.69) is 25.7 Å². The quantitative estimate of drug-likeness (QED) is 0.647. The van der Waals surface area contributed by atoms with Crippen LogP contribution in [-0.2, 0) is 0 Å². The van der Waals surface area contributed by atoms with Crippen LogP contribution in [-0.4, -0.2) is 24.5 Å². The van der Waals surface area contributed by atoms with Crippen LogP contribution >= 0.6 is 0 Å². The topological polar surface area (TPSA) is 3.24 Å². The summed E-state index contributed by atoms with van der Waals surface area (Å²) in [5.74, 6) is 1.91. The number of rotatable bonds is 4. The molecule has 0 aromatic carbocycles. The Morgan fingerprint density at radius 3 is 2.15 bits per heavy atom. The van der Waals surface area contributed by atoms with E-state index in [0.717, 1.165) is 11.8 Å². The number of nitrogens with zero attached hydrogens (tertiary/aromatic N) is 1. The van der Waals surface area contributed by atoms with Crippen molar-refractivity contribution in [2.24, 2.45) is 11.8 Å². The maximum Gasteiger partial charge on any atom is 0.000946 e. The summed E-state index contributed by atoms with van der Waals surface area (Å²) in [5, 5.41) is 0. The van der Waals surface area contributed by atoms with E-state index in [9.17, 15) is 0 Å². The highest BCUT2D eigenvalue weighted by molar-refractivity contribution is 4.71. The molecule has 78 valence electrons. The van der Waals surface area contributed by atoms with E-state index in [1.807, 2.05) is 0 Å². The van der Waals surface area contributed by atoms with Gasteiger partial charge in [-0.05, 0) is 37.8 Å². The van der Waals surface area contributed by atoms with Gasteiger partial charge in [0.25, 0.3) is 0 Å². The van der Waals surface area contributed by atoms with Gasteiger partial charge in [0.15, 0.2) is 0 Å². The molecule has 0 bridgehead atoms. The first-order valence-corrected chi connectivity index (χ1v) is 5.98. The predicted molar refractivity (Wildman–Crippen MR) is 58.9 cm³/mol. The van der Waals surface area contributed by atoms with Gasteiger partial charge in [-0.3, -0.25) is 0 Å². The van der Waals surface area contributed by atoms with Gasteiger partial charge in [-0.1, -0.05) is 33.6 Å². The average Bonchev–Trinajstić information content (AvgIpc) is 2.17. The van der Waals surface area contributed by atoms with Gasteiger partial charge >= 0.3 is 0 Å². The second kappa shape index (κ2) is 5.64. The first kappa shape index (κ1) is 11.0. The summed E-state index contributed by atoms with van der Waals surface area (Å²) in [5.41, 5.74) is 0. The molecule has 0 unspecified atom stereocenters. The Morgan fingerprint density at radius 1 is 1.15 bits per heavy atom. The third-order valence-electron chi connectivity index (χ3n) is 3.55. The second-order valence-electron chi connectivity index (χ2n) is 4.67. The molecule has 0 radical (unpaired) electrons. The van der Waals surface area contributed by atoms with Gasteiger partial charge in [0, 0.05) is 6.54 Å². The van der Waals surface area contributed by atoms with Gasteiger partial charge in [0.2, 0.25) is 0 Å². The van der Waals surface area contributed by atoms with Gasteiger partial charge in [0.1, 0.15) is 0 Å². The van der Waals surface area contributed by atoms with Crippen LogP contribution in [0.3, 0.4) is 0 Å². The average molecular weight is 183 g/mol. The summed E-state index contributed by atoms with van der Waals surface area (Å²) < 4.78 is 0. The van der Waals surface area contributed by atoms with Crippen molar-refractivity contribution in [3.63, 3.8) is 0 Å². The third-order valence-corrected chi connectivity index (χ3v) is 3.55. The summed E-state index contributed by atoms with van der Waals surface area (Å²) in [6, 6.07) is 0. The van der Waals surface area contributed by atoms with Crippen molar-refractivity contribution < 1.29 is 0 Å². The predicted octanol–water partition coefficient (Wildman–Crippen LogP) is 3.15. The van der Waals surface area contributed by atoms with E-state index in [0.29, 0.717) is 0 Å². The lowest BCUT2D eigenvalue weighted by molar-refractivity contribution is 0.163. The fraction of sp³-hybridized carbons (Fsp3) is 1.00. The fourth-order valence-electron chi connectivity index (χ4n) is 2.16. The molecular formula is C12H25N. The molecule has 1 heteroatoms. The largest absolute Gasteiger partial charge is 0.303 e. The summed E-state index contributed by atoms with van der Waals surface area (Å²) in [6.45, 7) is 11.1. The minimum absolute atomic E-state index is 0.938. The van der Waals surface area contributed by atoms with E-state index >= 15 is 0 Å². The normalized spacial score (nSPS) is 21.2. The summed E-state index contributed by atoms with van der Waals surface area (Å²) >= 11 is 0. The molecule has 0 aliphatic carbocycles. The molecule has 1 rings (SSSR count). The molecule has 1 nitrogen and oxygen atoms in total. The SMILES string of the molecule is CCC(CC)CN1CCC(C)CC1. The highest BCUT2D eigenvalue weighted by Crippen LogP contribution is 2.18. The molecule has 0 saturated carbocycles. The number of hydrogen-bond acceptors (Lipinski definition) is 1. The standard InChI is InChI=1S/C12H25N/c1-4-12(5-2)10-13-8-6-11(3)7-9-13/h11-12H,4-10H2,1-3H3. The van der Waals surface area contributed by atoms with E-state index in [1.165, 1.54) is 45.3 Å². The van der Waals surface area contributed by atoms with Crippen LogP contribution in [0.1, 0.15) is 46.5 Å². The van der Waals surface area contributed by atoms with Crippen molar-refractivity contribution in [3.05, 3.63) is 0 Å². The van der Waals surface area contributed by atoms with Crippen molar-refractivity contribution in [2.75, 3.05) is 19.6 Å². The molecule has 1 heterocycles. The maximum atomic E-state index is 2.66. The molecule has 0 spiro atoms. The highest BCUT2D eigenvalue weighted by atomic mass is 15.1. The number of hydrogen-bond donors (Lipinski definition) is 0. The highest BCUT2D eigenvalue weighted by Gasteiger charge is 2.17. The number of piperidine rings is 1. The van der Waals surface area contributed by atoms with Crippen LogP contribution in [0.2, 0.25) is 0 Å². The summed E-state index contributed by atoms with van der Waals surface area (Å²) in [6.07, 6.45) is 5.53. The zero-order valence-corrected chi connectivity index (χ0v) is 9.55. The van der Waals surface area contributed by atoms with E-state index < -0.39 is 0 Å². The zero-order valence-electron chi connectivity index (χ0n) is 9.55. The van der Waals surface area contributed by atoms with E-state index in [-0.39, 0.29) is 0 Å². The molecule has 0 atom stereocenters. The Bertz CT molecular complexity index is 121. The molecule has 1 aliphatic rings. The van der Waals surface area contributed by atoms with Crippen molar-refractivity contribution in [2.45, 2.75) is 46.5 Å². The lowest BCUT2D eigenvalue weighted by Crippen LogP contribution is -2.36. The number of likely N-dealkylation sites (tertiary alicyclic amines) is 1. The molecule has 1 saturated heterocycles. The monoisotopic (exact) mass is 183 g/mol. The summed E-state index contributed by atoms with van der Waals surface area (Å²) in [4.78, 5) is 2.66. The van der Waals surface area contributed by atoms with Crippen LogP contribution < -0.4 is 0 Å². The molecule has 1 fully saturated rings. The van der Waals surface area contributed by atoms with Crippen molar-refractivity contribution >= 4 is 0 Å². The fourth-order valence-corrected chi connectivity index (χ4v) is 2.16. The zero-order chi connectivity index (χ0) is 9.68. The Hall–Kier alpha value is -0.0400. The van der Waals surface area contributed by atoms with Crippen molar-refractivity contribution in [3.8, 4) is 0 Å². The lowest BCUT2D eigenvalue weighted by atomic mass is 9.96. The van der Waals surface area contributed by atoms with Gasteiger partial charge < -0.3 is 4.90 Å². The first-order chi connectivity index (χ1) is 6.26. The Labute approximate surface area is 83.5 Å². The minimum Gasteiger partial charge on any atom is -0.303 e. The van der Waals surface area contributed by atoms with Gasteiger partial charge in [-0.25, -0.2) is 0 Å². The van der Waals surface area contributed by atoms with Crippen LogP contribution in [0.4, 0.5) is 0 Å². The smallest absolute Gasteiger partial charge is 0.000946 e. The lowest BCUT2D eigenvalue weighted by Gasteiger charge is -2.32. The first-order valence-electron chi connectivity index (χ1n) is 5.98. The van der Waals surface area contributed by atoms with Crippen LogP contribution in [0.5, 0.6) is 0 Å². The molecule has 0 amide bonds. The van der Waals surface area contributed by atoms with Gasteiger partial charge in [0.05, 0.1) is 0 Å². The Morgan fingerprint density at radius 2 is 1.69 bits per heavy atom. The van der Waals surface area contributed by atoms with Crippen LogP contribution in [0.15, 0.2) is 0 Å². The third kappa shape index (κ3) is 3.68. The minimum atomic E-state index is 0.938.